The summed E-state index contributed by atoms with van der Waals surface area (Å²) in [5, 5.41) is 0. The van der Waals surface area contributed by atoms with Gasteiger partial charge < -0.3 is 9.15 Å². The fourth-order valence-electron chi connectivity index (χ4n) is 1.86. The van der Waals surface area contributed by atoms with E-state index in [1.54, 1.807) is 37.3 Å². The number of nitrogens with two attached hydrogens (primary N) is 1. The van der Waals surface area contributed by atoms with E-state index in [-0.39, 0.29) is 12.4 Å². The molecule has 1 heterocycles. The number of ether oxygens (including phenoxy) is 1. The van der Waals surface area contributed by atoms with Gasteiger partial charge in [-0.3, -0.25) is 15.0 Å². The second-order valence-electron chi connectivity index (χ2n) is 4.53. The second-order valence-corrected chi connectivity index (χ2v) is 4.53. The molecule has 0 saturated heterocycles. The lowest BCUT2D eigenvalue weighted by Gasteiger charge is -2.04. The monoisotopic (exact) mass is 288 g/mol. The number of nitrogen functional groups attached to an aromatic ring is 1. The van der Waals surface area contributed by atoms with E-state index < -0.39 is 5.91 Å². The smallest absolute Gasteiger partial charge is 0.268 e. The molecule has 0 radical (unpaired) electrons. The molecule has 0 aliphatic rings. The number of hydrogen-bond donors (Lipinski definition) is 2. The van der Waals surface area contributed by atoms with Gasteiger partial charge in [0.25, 0.3) is 5.91 Å². The van der Waals surface area contributed by atoms with Crippen LogP contribution in [0.15, 0.2) is 34.7 Å². The molecule has 2 aromatic rings. The zero-order chi connectivity index (χ0) is 15.4. The van der Waals surface area contributed by atoms with E-state index in [4.69, 9.17) is 15.0 Å². The predicted octanol–water partition coefficient (Wildman–Crippen LogP) is 1.97. The highest BCUT2D eigenvalue weighted by Gasteiger charge is 2.14. The van der Waals surface area contributed by atoms with E-state index in [9.17, 15) is 9.59 Å². The lowest BCUT2D eigenvalue weighted by Crippen LogP contribution is -2.30. The molecular weight excluding hydrogens is 272 g/mol. The van der Waals surface area contributed by atoms with Crippen LogP contribution >= 0.6 is 0 Å². The Hall–Kier alpha value is -2.60. The van der Waals surface area contributed by atoms with Gasteiger partial charge in [-0.15, -0.1) is 0 Å². The molecule has 6 nitrogen and oxygen atoms in total. The maximum Gasteiger partial charge on any atom is 0.268 e. The molecule has 21 heavy (non-hydrogen) atoms. The van der Waals surface area contributed by atoms with E-state index in [0.29, 0.717) is 28.4 Å². The Kier molecular flexibility index (Phi) is 4.39. The highest BCUT2D eigenvalue weighted by molar-refractivity contribution is 5.95. The summed E-state index contributed by atoms with van der Waals surface area (Å²) in [6, 6.07) is 8.39. The van der Waals surface area contributed by atoms with Gasteiger partial charge in [-0.1, -0.05) is 0 Å². The second kappa shape index (κ2) is 6.23. The first-order valence-electron chi connectivity index (χ1n) is 6.35. The third-order valence-electron chi connectivity index (χ3n) is 2.99. The molecule has 1 aromatic carbocycles. The summed E-state index contributed by atoms with van der Waals surface area (Å²) in [4.78, 5) is 22.6. The summed E-state index contributed by atoms with van der Waals surface area (Å²) in [5.74, 6) is 6.28. The first-order valence-corrected chi connectivity index (χ1v) is 6.35. The lowest BCUT2D eigenvalue weighted by molar-refractivity contribution is 0.0951. The zero-order valence-corrected chi connectivity index (χ0v) is 11.8. The number of amides is 1. The van der Waals surface area contributed by atoms with Crippen LogP contribution in [0, 0.1) is 6.92 Å². The SMILES string of the molecule is CC(=O)c1ccc(OCc2cc(C(=O)NN)c(C)o2)cc1. The molecule has 0 bridgehead atoms. The molecule has 110 valence electrons. The Labute approximate surface area is 121 Å². The van der Waals surface area contributed by atoms with Gasteiger partial charge >= 0.3 is 0 Å². The number of furan rings is 1. The molecule has 3 N–H and O–H groups in total. The van der Waals surface area contributed by atoms with Crippen LogP contribution in [0.3, 0.4) is 0 Å². The number of nitrogens with one attached hydrogen (secondary N) is 1. The third kappa shape index (κ3) is 3.49. The normalized spacial score (nSPS) is 10.2. The molecule has 1 amide bonds. The van der Waals surface area contributed by atoms with Gasteiger partial charge in [-0.25, -0.2) is 5.84 Å². The Bertz CT molecular complexity index is 659. The lowest BCUT2D eigenvalue weighted by atomic mass is 10.1. The van der Waals surface area contributed by atoms with Gasteiger partial charge in [-0.05, 0) is 44.2 Å². The van der Waals surface area contributed by atoms with E-state index >= 15 is 0 Å². The number of aryl methyl sites for hydroxylation is 1. The van der Waals surface area contributed by atoms with Crippen molar-refractivity contribution in [1.29, 1.82) is 0 Å². The number of Topliss-reactive ketones (excluding diaryl/α,β-unsaturated/α-hetero) is 1. The molecule has 2 rings (SSSR count). The minimum absolute atomic E-state index is 0.000600. The molecule has 0 saturated carbocycles. The van der Waals surface area contributed by atoms with Crippen molar-refractivity contribution in [3.05, 3.63) is 53.0 Å². The number of rotatable bonds is 5. The third-order valence-corrected chi connectivity index (χ3v) is 2.99. The predicted molar refractivity (Wildman–Crippen MR) is 75.9 cm³/mol. The number of hydrazine groups is 1. The standard InChI is InChI=1S/C15H16N2O4/c1-9(18)11-3-5-12(6-4-11)20-8-13-7-14(10(2)21-13)15(19)17-16/h3-7H,8,16H2,1-2H3,(H,17,19). The van der Waals surface area contributed by atoms with Crippen LogP contribution in [0.5, 0.6) is 5.75 Å². The summed E-state index contributed by atoms with van der Waals surface area (Å²) < 4.78 is 11.0. The quantitative estimate of drug-likeness (QED) is 0.379. The molecule has 1 aromatic heterocycles. The van der Waals surface area contributed by atoms with Crippen LogP contribution in [-0.4, -0.2) is 11.7 Å². The van der Waals surface area contributed by atoms with Crippen molar-refractivity contribution in [2.75, 3.05) is 0 Å². The largest absolute Gasteiger partial charge is 0.486 e. The summed E-state index contributed by atoms with van der Waals surface area (Å²) >= 11 is 0. The van der Waals surface area contributed by atoms with Crippen LogP contribution in [0.4, 0.5) is 0 Å². The van der Waals surface area contributed by atoms with Crippen molar-refractivity contribution in [1.82, 2.24) is 5.43 Å². The minimum atomic E-state index is -0.409. The first-order chi connectivity index (χ1) is 10.0. The molecule has 0 aliphatic carbocycles. The number of carbonyl (C=O) groups excluding carboxylic acids is 2. The highest BCUT2D eigenvalue weighted by atomic mass is 16.5. The maximum atomic E-state index is 11.5. The first kappa shape index (κ1) is 14.8. The van der Waals surface area contributed by atoms with E-state index in [0.717, 1.165) is 0 Å². The van der Waals surface area contributed by atoms with Crippen molar-refractivity contribution in [2.45, 2.75) is 20.5 Å². The van der Waals surface area contributed by atoms with E-state index in [2.05, 4.69) is 5.43 Å². The van der Waals surface area contributed by atoms with Crippen LogP contribution in [0.25, 0.3) is 0 Å². The van der Waals surface area contributed by atoms with Crippen molar-refractivity contribution >= 4 is 11.7 Å². The molecule has 0 unspecified atom stereocenters. The average Bonchev–Trinajstić information content (AvgIpc) is 2.86. The summed E-state index contributed by atoms with van der Waals surface area (Å²) in [7, 11) is 0. The molecular formula is C15H16N2O4. The number of ketones is 1. The van der Waals surface area contributed by atoms with Gasteiger partial charge in [0.2, 0.25) is 0 Å². The fourth-order valence-corrected chi connectivity index (χ4v) is 1.86. The fraction of sp³-hybridized carbons (Fsp3) is 0.200. The van der Waals surface area contributed by atoms with Crippen molar-refractivity contribution < 1.29 is 18.7 Å². The van der Waals surface area contributed by atoms with Crippen molar-refractivity contribution in [3.63, 3.8) is 0 Å². The van der Waals surface area contributed by atoms with E-state index in [1.165, 1.54) is 6.92 Å². The number of carbonyl (C=O) groups is 2. The van der Waals surface area contributed by atoms with Crippen LogP contribution in [0.2, 0.25) is 0 Å². The maximum absolute atomic E-state index is 11.5. The van der Waals surface area contributed by atoms with Gasteiger partial charge in [0.15, 0.2) is 5.78 Å². The Morgan fingerprint density at radius 2 is 1.95 bits per heavy atom. The van der Waals surface area contributed by atoms with Crippen LogP contribution in [0.1, 0.15) is 39.2 Å². The average molecular weight is 288 g/mol. The molecule has 0 atom stereocenters. The minimum Gasteiger partial charge on any atom is -0.486 e. The number of hydrogen-bond acceptors (Lipinski definition) is 5. The Morgan fingerprint density at radius 1 is 1.29 bits per heavy atom. The van der Waals surface area contributed by atoms with Crippen molar-refractivity contribution in [3.8, 4) is 5.75 Å². The van der Waals surface area contributed by atoms with Crippen LogP contribution < -0.4 is 16.0 Å². The highest BCUT2D eigenvalue weighted by Crippen LogP contribution is 2.18. The van der Waals surface area contributed by atoms with Gasteiger partial charge in [-0.2, -0.15) is 0 Å². The van der Waals surface area contributed by atoms with Gasteiger partial charge in [0.05, 0.1) is 5.56 Å². The molecule has 0 spiro atoms. The summed E-state index contributed by atoms with van der Waals surface area (Å²) in [6.07, 6.45) is 0. The Morgan fingerprint density at radius 3 is 2.52 bits per heavy atom. The Balaban J connectivity index is 2.03. The van der Waals surface area contributed by atoms with Gasteiger partial charge in [0.1, 0.15) is 23.9 Å². The van der Waals surface area contributed by atoms with Crippen molar-refractivity contribution in [2.24, 2.45) is 5.84 Å². The molecule has 6 heteroatoms. The zero-order valence-electron chi connectivity index (χ0n) is 11.8. The summed E-state index contributed by atoms with van der Waals surface area (Å²) in [5.41, 5.74) is 3.06. The molecule has 0 fully saturated rings. The van der Waals surface area contributed by atoms with Gasteiger partial charge in [0, 0.05) is 5.56 Å². The summed E-state index contributed by atoms with van der Waals surface area (Å²) in [6.45, 7) is 3.36. The molecule has 0 aliphatic heterocycles. The van der Waals surface area contributed by atoms with E-state index in [1.807, 2.05) is 0 Å². The van der Waals surface area contributed by atoms with Crippen LogP contribution in [-0.2, 0) is 6.61 Å². The topological polar surface area (TPSA) is 94.6 Å². The number of benzene rings is 1.